The third-order valence-electron chi connectivity index (χ3n) is 1.64. The van der Waals surface area contributed by atoms with Gasteiger partial charge in [0.2, 0.25) is 0 Å². The second-order valence-electron chi connectivity index (χ2n) is 2.65. The molecule has 0 spiro atoms. The van der Waals surface area contributed by atoms with Gasteiger partial charge >= 0.3 is 0 Å². The fraction of sp³-hybridized carbons (Fsp3) is 0.625. The van der Waals surface area contributed by atoms with Crippen LogP contribution < -0.4 is 0 Å². The molecule has 4 heteroatoms. The minimum absolute atomic E-state index is 0.127. The Hall–Kier alpha value is -1.06. The molecule has 0 aromatic carbocycles. The quantitative estimate of drug-likeness (QED) is 0.649. The molecule has 0 radical (unpaired) electrons. The van der Waals surface area contributed by atoms with Gasteiger partial charge in [-0.3, -0.25) is 0 Å². The summed E-state index contributed by atoms with van der Waals surface area (Å²) < 4.78 is 12.9. The molecule has 0 amide bonds. The van der Waals surface area contributed by atoms with Crippen molar-refractivity contribution in [2.75, 3.05) is 13.3 Å². The number of hydrogen-bond donors (Lipinski definition) is 0. The molecule has 0 bridgehead atoms. The number of amidine groups is 1. The Bertz CT molecular complexity index is 213. The molecule has 68 valence electrons. The van der Waals surface area contributed by atoms with Crippen LogP contribution in [-0.4, -0.2) is 24.0 Å². The van der Waals surface area contributed by atoms with E-state index in [0.29, 0.717) is 6.73 Å². The highest BCUT2D eigenvalue weighted by Crippen LogP contribution is 2.07. The summed E-state index contributed by atoms with van der Waals surface area (Å²) in [7, 11) is 0. The van der Waals surface area contributed by atoms with Crippen molar-refractivity contribution in [1.82, 2.24) is 4.90 Å². The molecule has 0 saturated heterocycles. The number of oxime groups is 1. The van der Waals surface area contributed by atoms with E-state index >= 15 is 0 Å². The van der Waals surface area contributed by atoms with Crippen LogP contribution in [0.3, 0.4) is 0 Å². The van der Waals surface area contributed by atoms with Crippen LogP contribution in [0.15, 0.2) is 17.1 Å². The lowest BCUT2D eigenvalue weighted by Gasteiger charge is -2.13. The summed E-state index contributed by atoms with van der Waals surface area (Å²) in [5.74, 6) is 0.604. The Morgan fingerprint density at radius 2 is 2.58 bits per heavy atom. The zero-order valence-electron chi connectivity index (χ0n) is 7.38. The molecule has 0 atom stereocenters. The normalized spacial score (nSPS) is 17.8. The van der Waals surface area contributed by atoms with Gasteiger partial charge in [0.25, 0.3) is 0 Å². The number of halogens is 1. The van der Waals surface area contributed by atoms with Crippen molar-refractivity contribution in [3.63, 3.8) is 0 Å². The molecule has 0 saturated carbocycles. The number of allylic oxidation sites excluding steroid dienone is 1. The number of rotatable bonds is 3. The summed E-state index contributed by atoms with van der Waals surface area (Å²) in [5.41, 5.74) is 0. The summed E-state index contributed by atoms with van der Waals surface area (Å²) in [6.45, 7) is 4.33. The molecule has 1 aliphatic heterocycles. The molecule has 12 heavy (non-hydrogen) atoms. The Kier molecular flexibility index (Phi) is 3.08. The van der Waals surface area contributed by atoms with E-state index in [1.165, 1.54) is 0 Å². The minimum atomic E-state index is -0.127. The highest BCUT2D eigenvalue weighted by molar-refractivity contribution is 5.80. The second kappa shape index (κ2) is 4.09. The predicted molar refractivity (Wildman–Crippen MR) is 45.2 cm³/mol. The van der Waals surface area contributed by atoms with Crippen LogP contribution in [0.2, 0.25) is 0 Å². The first-order chi connectivity index (χ1) is 5.74. The van der Waals surface area contributed by atoms with E-state index < -0.39 is 0 Å². The van der Waals surface area contributed by atoms with Crippen molar-refractivity contribution < 1.29 is 9.23 Å². The molecule has 1 rings (SSSR count). The smallest absolute Gasteiger partial charge is 0.191 e. The Balaban J connectivity index is 2.41. The van der Waals surface area contributed by atoms with Crippen molar-refractivity contribution in [3.8, 4) is 0 Å². The summed E-state index contributed by atoms with van der Waals surface area (Å²) >= 11 is 0. The molecule has 3 nitrogen and oxygen atoms in total. The fourth-order valence-electron chi connectivity index (χ4n) is 0.972. The lowest BCUT2D eigenvalue weighted by Crippen LogP contribution is -2.26. The van der Waals surface area contributed by atoms with E-state index in [9.17, 15) is 4.39 Å². The van der Waals surface area contributed by atoms with E-state index in [4.69, 9.17) is 4.84 Å². The summed E-state index contributed by atoms with van der Waals surface area (Å²) in [4.78, 5) is 6.51. The maximum absolute atomic E-state index is 12.9. The zero-order chi connectivity index (χ0) is 8.97. The van der Waals surface area contributed by atoms with E-state index in [1.54, 1.807) is 17.9 Å². The van der Waals surface area contributed by atoms with Gasteiger partial charge in [-0.05, 0) is 13.3 Å². The van der Waals surface area contributed by atoms with Gasteiger partial charge in [-0.2, -0.15) is 0 Å². The average Bonchev–Trinajstić information content (AvgIpc) is 2.37. The molecular formula is C8H13FN2O. The van der Waals surface area contributed by atoms with Crippen molar-refractivity contribution in [1.29, 1.82) is 0 Å². The van der Waals surface area contributed by atoms with Gasteiger partial charge in [0, 0.05) is 0 Å². The SMILES string of the molecule is CC/C=C(/F)CN1CON=C1C. The van der Waals surface area contributed by atoms with Gasteiger partial charge in [-0.25, -0.2) is 4.39 Å². The molecule has 1 aliphatic rings. The van der Waals surface area contributed by atoms with Crippen LogP contribution in [0.4, 0.5) is 4.39 Å². The van der Waals surface area contributed by atoms with Crippen molar-refractivity contribution in [3.05, 3.63) is 11.9 Å². The third kappa shape index (κ3) is 2.22. The Morgan fingerprint density at radius 1 is 1.83 bits per heavy atom. The zero-order valence-corrected chi connectivity index (χ0v) is 7.38. The minimum Gasteiger partial charge on any atom is -0.372 e. The first-order valence-electron chi connectivity index (χ1n) is 4.00. The summed E-state index contributed by atoms with van der Waals surface area (Å²) in [5, 5.41) is 3.68. The van der Waals surface area contributed by atoms with E-state index in [0.717, 1.165) is 12.3 Å². The van der Waals surface area contributed by atoms with Crippen molar-refractivity contribution >= 4 is 5.84 Å². The van der Waals surface area contributed by atoms with Crippen LogP contribution in [0.25, 0.3) is 0 Å². The highest BCUT2D eigenvalue weighted by atomic mass is 19.1. The Labute approximate surface area is 71.5 Å². The van der Waals surface area contributed by atoms with Gasteiger partial charge in [-0.15, -0.1) is 0 Å². The van der Waals surface area contributed by atoms with Crippen LogP contribution in [0, 0.1) is 0 Å². The highest BCUT2D eigenvalue weighted by Gasteiger charge is 2.14. The Morgan fingerprint density at radius 3 is 3.08 bits per heavy atom. The van der Waals surface area contributed by atoms with Gasteiger partial charge < -0.3 is 9.74 Å². The topological polar surface area (TPSA) is 24.8 Å². The van der Waals surface area contributed by atoms with Gasteiger partial charge in [0.1, 0.15) is 11.7 Å². The molecule has 1 heterocycles. The molecule has 0 fully saturated rings. The van der Waals surface area contributed by atoms with Crippen molar-refractivity contribution in [2.45, 2.75) is 20.3 Å². The van der Waals surface area contributed by atoms with E-state index in [2.05, 4.69) is 5.16 Å². The monoisotopic (exact) mass is 172 g/mol. The molecule has 0 N–H and O–H groups in total. The van der Waals surface area contributed by atoms with Gasteiger partial charge in [0.05, 0.1) is 6.54 Å². The lowest BCUT2D eigenvalue weighted by molar-refractivity contribution is 0.111. The summed E-state index contributed by atoms with van der Waals surface area (Å²) in [6.07, 6.45) is 2.28. The van der Waals surface area contributed by atoms with Gasteiger partial charge in [-0.1, -0.05) is 18.2 Å². The standard InChI is InChI=1S/C8H13FN2O/c1-3-4-8(9)5-11-6-12-10-7(11)2/h4H,3,5-6H2,1-2H3/b8-4+. The maximum atomic E-state index is 12.9. The van der Waals surface area contributed by atoms with Crippen LogP contribution >= 0.6 is 0 Å². The molecule has 0 unspecified atom stereocenters. The van der Waals surface area contributed by atoms with Crippen molar-refractivity contribution in [2.24, 2.45) is 5.16 Å². The lowest BCUT2D eigenvalue weighted by atomic mass is 10.3. The number of nitrogens with zero attached hydrogens (tertiary/aromatic N) is 2. The second-order valence-corrected chi connectivity index (χ2v) is 2.65. The predicted octanol–water partition coefficient (Wildman–Crippen LogP) is 1.87. The first kappa shape index (κ1) is 9.03. The van der Waals surface area contributed by atoms with Gasteiger partial charge in [0.15, 0.2) is 6.73 Å². The number of hydrogen-bond acceptors (Lipinski definition) is 3. The largest absolute Gasteiger partial charge is 0.372 e. The van der Waals surface area contributed by atoms with E-state index in [-0.39, 0.29) is 12.4 Å². The average molecular weight is 172 g/mol. The fourth-order valence-corrected chi connectivity index (χ4v) is 0.972. The van der Waals surface area contributed by atoms with Crippen LogP contribution in [0.1, 0.15) is 20.3 Å². The maximum Gasteiger partial charge on any atom is 0.191 e. The van der Waals surface area contributed by atoms with Crippen LogP contribution in [0.5, 0.6) is 0 Å². The summed E-state index contributed by atoms with van der Waals surface area (Å²) in [6, 6.07) is 0. The molecule has 0 aromatic heterocycles. The molecular weight excluding hydrogens is 159 g/mol. The van der Waals surface area contributed by atoms with Crippen LogP contribution in [-0.2, 0) is 4.84 Å². The third-order valence-corrected chi connectivity index (χ3v) is 1.64. The molecule has 0 aromatic rings. The van der Waals surface area contributed by atoms with E-state index in [1.807, 2.05) is 6.92 Å². The first-order valence-corrected chi connectivity index (χ1v) is 4.00. The molecule has 0 aliphatic carbocycles.